The molecule has 17 heavy (non-hydrogen) atoms. The van der Waals surface area contributed by atoms with Gasteiger partial charge in [0.05, 0.1) is 12.0 Å². The van der Waals surface area contributed by atoms with E-state index in [1.807, 2.05) is 12.5 Å². The summed E-state index contributed by atoms with van der Waals surface area (Å²) in [6.45, 7) is 16.4. The summed E-state index contributed by atoms with van der Waals surface area (Å²) in [5, 5.41) is 3.51. The fourth-order valence-corrected chi connectivity index (χ4v) is 1.59. The van der Waals surface area contributed by atoms with Gasteiger partial charge >= 0.3 is 0 Å². The Bertz CT molecular complexity index is 352. The second-order valence-electron chi connectivity index (χ2n) is 6.94. The number of rotatable bonds is 3. The Hall–Kier alpha value is -0.830. The van der Waals surface area contributed by atoms with Crippen molar-refractivity contribution in [1.82, 2.24) is 14.9 Å². The van der Waals surface area contributed by atoms with Crippen LogP contribution in [0.15, 0.2) is 12.5 Å². The van der Waals surface area contributed by atoms with Crippen LogP contribution in [-0.4, -0.2) is 15.1 Å². The van der Waals surface area contributed by atoms with E-state index >= 15 is 0 Å². The topological polar surface area (TPSA) is 29.9 Å². The molecule has 1 aromatic heterocycles. The first kappa shape index (κ1) is 14.2. The van der Waals surface area contributed by atoms with E-state index in [-0.39, 0.29) is 11.0 Å². The van der Waals surface area contributed by atoms with Crippen LogP contribution in [0, 0.1) is 5.41 Å². The van der Waals surface area contributed by atoms with Crippen LogP contribution in [0.25, 0.3) is 0 Å². The van der Waals surface area contributed by atoms with E-state index in [0.717, 1.165) is 6.54 Å². The van der Waals surface area contributed by atoms with Gasteiger partial charge in [-0.05, 0) is 33.1 Å². The zero-order valence-electron chi connectivity index (χ0n) is 12.3. The smallest absolute Gasteiger partial charge is 0.0951 e. The molecule has 3 heteroatoms. The molecule has 0 aliphatic carbocycles. The van der Waals surface area contributed by atoms with E-state index in [4.69, 9.17) is 0 Å². The van der Waals surface area contributed by atoms with E-state index in [1.54, 1.807) is 0 Å². The van der Waals surface area contributed by atoms with Crippen LogP contribution in [0.3, 0.4) is 0 Å². The lowest BCUT2D eigenvalue weighted by Crippen LogP contribution is -2.36. The normalized spacial score (nSPS) is 15.0. The standard InChI is InChI=1S/C14H27N3/c1-11(13(2,3)4)17-10-15-8-12(17)9-16-14(5,6)7/h8,10-11,16H,9H2,1-7H3. The molecular formula is C14H27N3. The molecule has 0 spiro atoms. The molecular weight excluding hydrogens is 210 g/mol. The molecule has 0 amide bonds. The molecule has 1 rings (SSSR count). The van der Waals surface area contributed by atoms with Gasteiger partial charge in [-0.2, -0.15) is 0 Å². The van der Waals surface area contributed by atoms with E-state index in [0.29, 0.717) is 6.04 Å². The first-order valence-electron chi connectivity index (χ1n) is 6.37. The van der Waals surface area contributed by atoms with Crippen molar-refractivity contribution in [3.63, 3.8) is 0 Å². The number of nitrogens with zero attached hydrogens (tertiary/aromatic N) is 2. The average molecular weight is 237 g/mol. The van der Waals surface area contributed by atoms with Crippen molar-refractivity contribution >= 4 is 0 Å². The van der Waals surface area contributed by atoms with E-state index in [1.165, 1.54) is 5.69 Å². The van der Waals surface area contributed by atoms with Gasteiger partial charge in [-0.15, -0.1) is 0 Å². The Morgan fingerprint density at radius 2 is 1.82 bits per heavy atom. The van der Waals surface area contributed by atoms with Crippen LogP contribution in [0.5, 0.6) is 0 Å². The Labute approximate surface area is 106 Å². The molecule has 0 fully saturated rings. The monoisotopic (exact) mass is 237 g/mol. The van der Waals surface area contributed by atoms with Crippen molar-refractivity contribution in [1.29, 1.82) is 0 Å². The maximum Gasteiger partial charge on any atom is 0.0951 e. The van der Waals surface area contributed by atoms with Crippen molar-refractivity contribution in [2.75, 3.05) is 0 Å². The molecule has 1 atom stereocenters. The highest BCUT2D eigenvalue weighted by Crippen LogP contribution is 2.30. The third kappa shape index (κ3) is 4.15. The molecule has 1 unspecified atom stereocenters. The van der Waals surface area contributed by atoms with E-state index in [2.05, 4.69) is 63.3 Å². The molecule has 0 aliphatic heterocycles. The Morgan fingerprint density at radius 1 is 1.24 bits per heavy atom. The third-order valence-corrected chi connectivity index (χ3v) is 3.22. The SMILES string of the molecule is CC(n1cncc1CNC(C)(C)C)C(C)(C)C. The minimum Gasteiger partial charge on any atom is -0.330 e. The molecule has 0 saturated heterocycles. The minimum absolute atomic E-state index is 0.139. The number of hydrogen-bond acceptors (Lipinski definition) is 2. The lowest BCUT2D eigenvalue weighted by atomic mass is 9.88. The highest BCUT2D eigenvalue weighted by atomic mass is 15.1. The lowest BCUT2D eigenvalue weighted by Gasteiger charge is -2.30. The summed E-state index contributed by atoms with van der Waals surface area (Å²) >= 11 is 0. The molecule has 0 radical (unpaired) electrons. The summed E-state index contributed by atoms with van der Waals surface area (Å²) in [5.41, 5.74) is 1.64. The second-order valence-corrected chi connectivity index (χ2v) is 6.94. The van der Waals surface area contributed by atoms with Gasteiger partial charge in [0.25, 0.3) is 0 Å². The lowest BCUT2D eigenvalue weighted by molar-refractivity contribution is 0.255. The minimum atomic E-state index is 0.139. The van der Waals surface area contributed by atoms with Gasteiger partial charge in [-0.3, -0.25) is 0 Å². The molecule has 0 saturated carbocycles. The number of hydrogen-bond donors (Lipinski definition) is 1. The predicted molar refractivity (Wildman–Crippen MR) is 73.0 cm³/mol. The quantitative estimate of drug-likeness (QED) is 0.873. The summed E-state index contributed by atoms with van der Waals surface area (Å²) < 4.78 is 2.28. The Balaban J connectivity index is 2.80. The fraction of sp³-hybridized carbons (Fsp3) is 0.786. The maximum atomic E-state index is 4.28. The van der Waals surface area contributed by atoms with Gasteiger partial charge < -0.3 is 9.88 Å². The first-order valence-corrected chi connectivity index (χ1v) is 6.37. The number of nitrogens with one attached hydrogen (secondary N) is 1. The van der Waals surface area contributed by atoms with Crippen molar-refractivity contribution in [2.45, 2.75) is 66.6 Å². The second kappa shape index (κ2) is 4.81. The molecule has 0 aliphatic rings. The van der Waals surface area contributed by atoms with Gasteiger partial charge in [0.1, 0.15) is 0 Å². The van der Waals surface area contributed by atoms with Crippen molar-refractivity contribution in [3.8, 4) is 0 Å². The van der Waals surface area contributed by atoms with Crippen LogP contribution in [-0.2, 0) is 6.54 Å². The molecule has 1 N–H and O–H groups in total. The highest BCUT2D eigenvalue weighted by Gasteiger charge is 2.23. The molecule has 3 nitrogen and oxygen atoms in total. The highest BCUT2D eigenvalue weighted by molar-refractivity contribution is 5.02. The van der Waals surface area contributed by atoms with Gasteiger partial charge in [-0.1, -0.05) is 20.8 Å². The van der Waals surface area contributed by atoms with Gasteiger partial charge in [0.15, 0.2) is 0 Å². The van der Waals surface area contributed by atoms with Crippen LogP contribution in [0.1, 0.15) is 60.2 Å². The molecule has 1 aromatic rings. The largest absolute Gasteiger partial charge is 0.330 e. The Kier molecular flexibility index (Phi) is 4.03. The van der Waals surface area contributed by atoms with Crippen LogP contribution in [0.2, 0.25) is 0 Å². The van der Waals surface area contributed by atoms with Crippen LogP contribution in [0.4, 0.5) is 0 Å². The average Bonchev–Trinajstić information content (AvgIpc) is 2.58. The summed E-state index contributed by atoms with van der Waals surface area (Å²) in [6, 6.07) is 0.446. The van der Waals surface area contributed by atoms with Crippen LogP contribution >= 0.6 is 0 Å². The molecule has 1 heterocycles. The van der Waals surface area contributed by atoms with Gasteiger partial charge in [0, 0.05) is 24.3 Å². The summed E-state index contributed by atoms with van der Waals surface area (Å²) in [4.78, 5) is 4.28. The maximum absolute atomic E-state index is 4.28. The number of aromatic nitrogens is 2. The number of imidazole rings is 1. The predicted octanol–water partition coefficient (Wildman–Crippen LogP) is 3.38. The zero-order valence-corrected chi connectivity index (χ0v) is 12.3. The van der Waals surface area contributed by atoms with Gasteiger partial charge in [-0.25, -0.2) is 4.98 Å². The molecule has 98 valence electrons. The third-order valence-electron chi connectivity index (χ3n) is 3.22. The van der Waals surface area contributed by atoms with Crippen LogP contribution < -0.4 is 5.32 Å². The van der Waals surface area contributed by atoms with E-state index in [9.17, 15) is 0 Å². The molecule has 0 aromatic carbocycles. The Morgan fingerprint density at radius 3 is 2.29 bits per heavy atom. The van der Waals surface area contributed by atoms with Crippen molar-refractivity contribution in [2.24, 2.45) is 5.41 Å². The zero-order chi connectivity index (χ0) is 13.3. The summed E-state index contributed by atoms with van der Waals surface area (Å²) in [5.74, 6) is 0. The summed E-state index contributed by atoms with van der Waals surface area (Å²) in [6.07, 6.45) is 3.90. The van der Waals surface area contributed by atoms with Crippen molar-refractivity contribution < 1.29 is 0 Å². The fourth-order valence-electron chi connectivity index (χ4n) is 1.59. The summed E-state index contributed by atoms with van der Waals surface area (Å²) in [7, 11) is 0. The van der Waals surface area contributed by atoms with E-state index < -0.39 is 0 Å². The van der Waals surface area contributed by atoms with Crippen molar-refractivity contribution in [3.05, 3.63) is 18.2 Å². The molecule has 0 bridgehead atoms. The first-order chi connectivity index (χ1) is 7.61. The van der Waals surface area contributed by atoms with Gasteiger partial charge in [0.2, 0.25) is 0 Å².